The fraction of sp³-hybridized carbons (Fsp3) is 0. The molecular formula is C8H5FINS. The SMILES string of the molecule is Nc1cc2sc(I)cc2cc1F. The van der Waals surface area contributed by atoms with Crippen molar-refractivity contribution in [2.24, 2.45) is 0 Å². The van der Waals surface area contributed by atoms with Gasteiger partial charge in [-0.05, 0) is 46.2 Å². The van der Waals surface area contributed by atoms with Gasteiger partial charge >= 0.3 is 0 Å². The monoisotopic (exact) mass is 293 g/mol. The molecule has 2 aromatic rings. The van der Waals surface area contributed by atoms with Gasteiger partial charge in [-0.3, -0.25) is 0 Å². The second-order valence-corrected chi connectivity index (χ2v) is 5.44. The van der Waals surface area contributed by atoms with Crippen LogP contribution in [0, 0.1) is 8.70 Å². The van der Waals surface area contributed by atoms with E-state index in [2.05, 4.69) is 22.6 Å². The van der Waals surface area contributed by atoms with Gasteiger partial charge in [0.15, 0.2) is 0 Å². The first-order valence-corrected chi connectivity index (χ1v) is 5.20. The molecule has 1 nitrogen and oxygen atoms in total. The topological polar surface area (TPSA) is 26.0 Å². The van der Waals surface area contributed by atoms with Crippen LogP contribution < -0.4 is 5.73 Å². The van der Waals surface area contributed by atoms with Crippen LogP contribution in [0.1, 0.15) is 0 Å². The van der Waals surface area contributed by atoms with Crippen LogP contribution in [-0.4, -0.2) is 0 Å². The molecule has 2 rings (SSSR count). The van der Waals surface area contributed by atoms with Crippen molar-refractivity contribution in [3.63, 3.8) is 0 Å². The summed E-state index contributed by atoms with van der Waals surface area (Å²) in [6, 6.07) is 5.10. The van der Waals surface area contributed by atoms with E-state index in [4.69, 9.17) is 5.73 Å². The lowest BCUT2D eigenvalue weighted by Crippen LogP contribution is -1.88. The highest BCUT2D eigenvalue weighted by Crippen LogP contribution is 2.29. The quantitative estimate of drug-likeness (QED) is 0.586. The Morgan fingerprint density at radius 1 is 1.33 bits per heavy atom. The van der Waals surface area contributed by atoms with Crippen LogP contribution in [0.5, 0.6) is 0 Å². The van der Waals surface area contributed by atoms with E-state index in [1.807, 2.05) is 6.07 Å². The number of benzene rings is 1. The Labute approximate surface area is 86.5 Å². The first-order chi connectivity index (χ1) is 5.66. The third-order valence-electron chi connectivity index (χ3n) is 1.61. The molecule has 2 N–H and O–H groups in total. The van der Waals surface area contributed by atoms with Gasteiger partial charge in [-0.1, -0.05) is 0 Å². The van der Waals surface area contributed by atoms with Crippen molar-refractivity contribution < 1.29 is 4.39 Å². The molecule has 0 atom stereocenters. The van der Waals surface area contributed by atoms with Gasteiger partial charge in [0, 0.05) is 4.70 Å². The standard InChI is InChI=1S/C8H5FINS/c9-5-1-4-2-8(10)12-7(4)3-6(5)11/h1-3H,11H2. The summed E-state index contributed by atoms with van der Waals surface area (Å²) in [5.74, 6) is -0.336. The molecule has 0 aliphatic heterocycles. The summed E-state index contributed by atoms with van der Waals surface area (Å²) < 4.78 is 15.1. The van der Waals surface area contributed by atoms with E-state index in [0.29, 0.717) is 0 Å². The Morgan fingerprint density at radius 3 is 2.83 bits per heavy atom. The molecule has 4 heteroatoms. The van der Waals surface area contributed by atoms with Crippen molar-refractivity contribution in [2.75, 3.05) is 5.73 Å². The molecule has 0 bridgehead atoms. The number of nitrogens with two attached hydrogens (primary N) is 1. The van der Waals surface area contributed by atoms with Crippen LogP contribution in [-0.2, 0) is 0 Å². The molecule has 12 heavy (non-hydrogen) atoms. The summed E-state index contributed by atoms with van der Waals surface area (Å²) in [6.07, 6.45) is 0. The Kier molecular flexibility index (Phi) is 1.96. The number of hydrogen-bond donors (Lipinski definition) is 1. The maximum absolute atomic E-state index is 12.9. The number of rotatable bonds is 0. The largest absolute Gasteiger partial charge is 0.396 e. The zero-order valence-corrected chi connectivity index (χ0v) is 8.95. The Hall–Kier alpha value is -0.360. The van der Waals surface area contributed by atoms with E-state index >= 15 is 0 Å². The molecule has 1 aromatic carbocycles. The molecule has 0 amide bonds. The number of anilines is 1. The predicted octanol–water partition coefficient (Wildman–Crippen LogP) is 3.23. The molecule has 0 saturated heterocycles. The summed E-state index contributed by atoms with van der Waals surface area (Å²) in [5.41, 5.74) is 5.65. The van der Waals surface area contributed by atoms with Gasteiger partial charge in [-0.15, -0.1) is 11.3 Å². The average molecular weight is 293 g/mol. The summed E-state index contributed by atoms with van der Waals surface area (Å²) in [6.45, 7) is 0. The molecule has 62 valence electrons. The van der Waals surface area contributed by atoms with Crippen molar-refractivity contribution in [3.8, 4) is 0 Å². The van der Waals surface area contributed by atoms with Gasteiger partial charge < -0.3 is 5.73 Å². The molecule has 0 unspecified atom stereocenters. The molecule has 0 aliphatic rings. The average Bonchev–Trinajstić information content (AvgIpc) is 2.30. The lowest BCUT2D eigenvalue weighted by atomic mass is 10.2. The highest BCUT2D eigenvalue weighted by Gasteiger charge is 2.03. The molecule has 0 spiro atoms. The molecular weight excluding hydrogens is 288 g/mol. The van der Waals surface area contributed by atoms with E-state index in [9.17, 15) is 4.39 Å². The van der Waals surface area contributed by atoms with Crippen molar-refractivity contribution in [2.45, 2.75) is 0 Å². The third kappa shape index (κ3) is 1.29. The van der Waals surface area contributed by atoms with Gasteiger partial charge in [-0.2, -0.15) is 0 Å². The first kappa shape index (κ1) is 8.25. The summed E-state index contributed by atoms with van der Waals surface area (Å²) in [7, 11) is 0. The van der Waals surface area contributed by atoms with E-state index in [1.165, 1.54) is 6.07 Å². The second kappa shape index (κ2) is 2.85. The Balaban J connectivity index is 2.83. The van der Waals surface area contributed by atoms with Crippen molar-refractivity contribution in [3.05, 3.63) is 26.9 Å². The molecule has 0 saturated carbocycles. The number of fused-ring (bicyclic) bond motifs is 1. The predicted molar refractivity (Wildman–Crippen MR) is 58.9 cm³/mol. The minimum Gasteiger partial charge on any atom is -0.396 e. The zero-order valence-electron chi connectivity index (χ0n) is 5.97. The van der Waals surface area contributed by atoms with E-state index in [-0.39, 0.29) is 11.5 Å². The number of thiophene rings is 1. The molecule has 0 aliphatic carbocycles. The van der Waals surface area contributed by atoms with Crippen LogP contribution in [0.2, 0.25) is 0 Å². The lowest BCUT2D eigenvalue weighted by Gasteiger charge is -1.94. The van der Waals surface area contributed by atoms with E-state index < -0.39 is 0 Å². The third-order valence-corrected chi connectivity index (χ3v) is 3.46. The smallest absolute Gasteiger partial charge is 0.146 e. The second-order valence-electron chi connectivity index (χ2n) is 2.46. The van der Waals surface area contributed by atoms with Gasteiger partial charge in [0.1, 0.15) is 5.82 Å². The first-order valence-electron chi connectivity index (χ1n) is 3.31. The Bertz CT molecular complexity index is 399. The van der Waals surface area contributed by atoms with Crippen LogP contribution in [0.25, 0.3) is 10.1 Å². The fourth-order valence-electron chi connectivity index (χ4n) is 1.04. The minimum atomic E-state index is -0.336. The number of hydrogen-bond acceptors (Lipinski definition) is 2. The minimum absolute atomic E-state index is 0.223. The highest BCUT2D eigenvalue weighted by molar-refractivity contribution is 14.1. The molecule has 1 aromatic heterocycles. The zero-order chi connectivity index (χ0) is 8.72. The Morgan fingerprint density at radius 2 is 2.08 bits per heavy atom. The van der Waals surface area contributed by atoms with Crippen LogP contribution in [0.3, 0.4) is 0 Å². The van der Waals surface area contributed by atoms with Gasteiger partial charge in [0.2, 0.25) is 0 Å². The maximum Gasteiger partial charge on any atom is 0.146 e. The van der Waals surface area contributed by atoms with Crippen LogP contribution in [0.4, 0.5) is 10.1 Å². The fourth-order valence-corrected chi connectivity index (χ4v) is 2.91. The summed E-state index contributed by atoms with van der Waals surface area (Å²) in [5, 5.41) is 0.927. The molecule has 1 heterocycles. The number of nitrogen functional groups attached to an aromatic ring is 1. The molecule has 0 radical (unpaired) electrons. The van der Waals surface area contributed by atoms with Crippen LogP contribution in [0.15, 0.2) is 18.2 Å². The van der Waals surface area contributed by atoms with Gasteiger partial charge in [0.05, 0.1) is 8.57 Å². The summed E-state index contributed by atoms with van der Waals surface area (Å²) >= 11 is 3.83. The van der Waals surface area contributed by atoms with Gasteiger partial charge in [-0.25, -0.2) is 4.39 Å². The highest BCUT2D eigenvalue weighted by atomic mass is 127. The normalized spacial score (nSPS) is 10.8. The van der Waals surface area contributed by atoms with Crippen LogP contribution >= 0.6 is 33.9 Å². The molecule has 0 fully saturated rings. The van der Waals surface area contributed by atoms with Crippen molar-refractivity contribution in [1.82, 2.24) is 0 Å². The van der Waals surface area contributed by atoms with Crippen molar-refractivity contribution >= 4 is 49.7 Å². The number of halogens is 2. The van der Waals surface area contributed by atoms with Crippen molar-refractivity contribution in [1.29, 1.82) is 0 Å². The maximum atomic E-state index is 12.9. The van der Waals surface area contributed by atoms with E-state index in [0.717, 1.165) is 13.0 Å². The summed E-state index contributed by atoms with van der Waals surface area (Å²) in [4.78, 5) is 0. The lowest BCUT2D eigenvalue weighted by molar-refractivity contribution is 0.634. The van der Waals surface area contributed by atoms with Gasteiger partial charge in [0.25, 0.3) is 0 Å². The van der Waals surface area contributed by atoms with E-state index in [1.54, 1.807) is 17.4 Å².